The Hall–Kier alpha value is -3.15. The molecule has 3 aromatic carbocycles. The highest BCUT2D eigenvalue weighted by Gasteiger charge is 2.18. The van der Waals surface area contributed by atoms with E-state index in [0.29, 0.717) is 28.4 Å². The van der Waals surface area contributed by atoms with Crippen LogP contribution in [0.4, 0.5) is 0 Å². The number of ether oxygens (including phenoxy) is 4. The fourth-order valence-corrected chi connectivity index (χ4v) is 2.98. The maximum Gasteiger partial charge on any atom is 0.336 e. The van der Waals surface area contributed by atoms with E-state index in [4.69, 9.17) is 18.9 Å². The molecule has 6 nitrogen and oxygen atoms in total. The molecule has 130 valence electrons. The lowest BCUT2D eigenvalue weighted by atomic mass is 9.96. The van der Waals surface area contributed by atoms with Crippen LogP contribution in [0.2, 0.25) is 0 Å². The third-order valence-electron chi connectivity index (χ3n) is 4.19. The molecule has 0 fully saturated rings. The van der Waals surface area contributed by atoms with Gasteiger partial charge in [0.25, 0.3) is 0 Å². The van der Waals surface area contributed by atoms with Crippen LogP contribution in [-0.4, -0.2) is 39.5 Å². The minimum absolute atomic E-state index is 0.177. The van der Waals surface area contributed by atoms with Gasteiger partial charge in [-0.05, 0) is 46.5 Å². The zero-order valence-electron chi connectivity index (χ0n) is 14.4. The van der Waals surface area contributed by atoms with Gasteiger partial charge in [0.15, 0.2) is 23.0 Å². The number of hydrogen-bond donors (Lipinski definition) is 1. The smallest absolute Gasteiger partial charge is 0.336 e. The molecule has 0 atom stereocenters. The first kappa shape index (κ1) is 16.7. The summed E-state index contributed by atoms with van der Waals surface area (Å²) in [6.07, 6.45) is 0. The van der Waals surface area contributed by atoms with Gasteiger partial charge in [0, 0.05) is 5.39 Å². The van der Waals surface area contributed by atoms with Crippen molar-refractivity contribution < 1.29 is 28.8 Å². The fourth-order valence-electron chi connectivity index (χ4n) is 2.98. The molecule has 1 N–H and O–H groups in total. The lowest BCUT2D eigenvalue weighted by Crippen LogP contribution is -2.00. The number of methoxy groups -OCH3 is 4. The van der Waals surface area contributed by atoms with Crippen LogP contribution in [0, 0.1) is 0 Å². The van der Waals surface area contributed by atoms with Gasteiger partial charge in [-0.2, -0.15) is 0 Å². The van der Waals surface area contributed by atoms with Crippen LogP contribution in [0.25, 0.3) is 21.5 Å². The number of hydrogen-bond acceptors (Lipinski definition) is 5. The van der Waals surface area contributed by atoms with E-state index in [1.54, 1.807) is 31.4 Å². The summed E-state index contributed by atoms with van der Waals surface area (Å²) in [7, 11) is 6.15. The summed E-state index contributed by atoms with van der Waals surface area (Å²) in [5, 5.41) is 12.5. The lowest BCUT2D eigenvalue weighted by molar-refractivity contribution is 0.0699. The molecule has 0 heterocycles. The van der Waals surface area contributed by atoms with Crippen molar-refractivity contribution >= 4 is 27.5 Å². The predicted molar refractivity (Wildman–Crippen MR) is 94.6 cm³/mol. The van der Waals surface area contributed by atoms with Crippen LogP contribution < -0.4 is 18.9 Å². The van der Waals surface area contributed by atoms with Gasteiger partial charge < -0.3 is 24.1 Å². The minimum Gasteiger partial charge on any atom is -0.493 e. The van der Waals surface area contributed by atoms with E-state index in [0.717, 1.165) is 16.2 Å². The van der Waals surface area contributed by atoms with E-state index in [9.17, 15) is 9.90 Å². The van der Waals surface area contributed by atoms with Crippen molar-refractivity contribution in [3.8, 4) is 23.0 Å². The van der Waals surface area contributed by atoms with Gasteiger partial charge in [-0.3, -0.25) is 0 Å². The second kappa shape index (κ2) is 6.39. The van der Waals surface area contributed by atoms with Crippen LogP contribution in [0.15, 0.2) is 30.3 Å². The normalized spacial score (nSPS) is 10.7. The second-order valence-corrected chi connectivity index (χ2v) is 5.41. The zero-order chi connectivity index (χ0) is 18.1. The number of rotatable bonds is 5. The molecule has 0 aromatic heterocycles. The van der Waals surface area contributed by atoms with Crippen LogP contribution in [0.5, 0.6) is 23.0 Å². The summed E-state index contributed by atoms with van der Waals surface area (Å²) in [5.74, 6) is 1.07. The Morgan fingerprint density at radius 2 is 1.12 bits per heavy atom. The van der Waals surface area contributed by atoms with E-state index < -0.39 is 5.97 Å². The van der Waals surface area contributed by atoms with Crippen molar-refractivity contribution in [2.24, 2.45) is 0 Å². The molecule has 0 aliphatic rings. The molecule has 0 unspecified atom stereocenters. The molecule has 0 aliphatic heterocycles. The number of carbonyl (C=O) groups is 1. The predicted octanol–water partition coefficient (Wildman–Crippen LogP) is 3.73. The van der Waals surface area contributed by atoms with Crippen molar-refractivity contribution in [3.05, 3.63) is 35.9 Å². The van der Waals surface area contributed by atoms with E-state index in [1.807, 2.05) is 6.07 Å². The molecule has 0 saturated carbocycles. The highest BCUT2D eigenvalue weighted by molar-refractivity contribution is 6.17. The fraction of sp³-hybridized carbons (Fsp3) is 0.211. The van der Waals surface area contributed by atoms with Crippen molar-refractivity contribution in [1.29, 1.82) is 0 Å². The summed E-state index contributed by atoms with van der Waals surface area (Å²) in [6.45, 7) is 0. The van der Waals surface area contributed by atoms with E-state index in [-0.39, 0.29) is 5.56 Å². The molecule has 0 spiro atoms. The van der Waals surface area contributed by atoms with Gasteiger partial charge in [-0.25, -0.2) is 4.79 Å². The number of aromatic carboxylic acids is 1. The van der Waals surface area contributed by atoms with Crippen LogP contribution in [-0.2, 0) is 0 Å². The van der Waals surface area contributed by atoms with Crippen LogP contribution in [0.1, 0.15) is 10.4 Å². The number of benzene rings is 3. The highest BCUT2D eigenvalue weighted by Crippen LogP contribution is 2.41. The molecule has 6 heteroatoms. The maximum absolute atomic E-state index is 11.8. The standard InChI is InChI=1S/C19H18O6/c1-22-15-6-10-5-14(19(20)21)13-9-18(25-4)17(24-3)8-12(13)11(10)7-16(15)23-2/h5-9H,1-4H3,(H,20,21). The quantitative estimate of drug-likeness (QED) is 0.712. The Balaban J connectivity index is 2.51. The van der Waals surface area contributed by atoms with Gasteiger partial charge in [-0.15, -0.1) is 0 Å². The first-order valence-electron chi connectivity index (χ1n) is 7.51. The first-order valence-corrected chi connectivity index (χ1v) is 7.51. The number of carboxylic acid groups (broad SMARTS) is 1. The summed E-state index contributed by atoms with van der Waals surface area (Å²) in [4.78, 5) is 11.8. The van der Waals surface area contributed by atoms with Crippen LogP contribution in [0.3, 0.4) is 0 Å². The molecule has 0 aliphatic carbocycles. The molecule has 3 rings (SSSR count). The highest BCUT2D eigenvalue weighted by atomic mass is 16.5. The monoisotopic (exact) mass is 342 g/mol. The average Bonchev–Trinajstić information content (AvgIpc) is 2.64. The number of carboxylic acids is 1. The first-order chi connectivity index (χ1) is 12.0. The second-order valence-electron chi connectivity index (χ2n) is 5.41. The Bertz CT molecular complexity index is 977. The Kier molecular flexibility index (Phi) is 4.27. The average molecular weight is 342 g/mol. The molecule has 0 radical (unpaired) electrons. The Morgan fingerprint density at radius 3 is 1.60 bits per heavy atom. The van der Waals surface area contributed by atoms with Crippen molar-refractivity contribution in [3.63, 3.8) is 0 Å². The van der Waals surface area contributed by atoms with Gasteiger partial charge in [0.1, 0.15) is 0 Å². The van der Waals surface area contributed by atoms with Gasteiger partial charge in [-0.1, -0.05) is 0 Å². The summed E-state index contributed by atoms with van der Waals surface area (Å²) in [6, 6.07) is 8.65. The SMILES string of the molecule is COc1cc2cc(C(=O)O)c3cc(OC)c(OC)cc3c2cc1OC. The molecule has 0 amide bonds. The van der Waals surface area contributed by atoms with Crippen LogP contribution >= 0.6 is 0 Å². The summed E-state index contributed by atoms with van der Waals surface area (Å²) in [5.41, 5.74) is 0.177. The summed E-state index contributed by atoms with van der Waals surface area (Å²) >= 11 is 0. The maximum atomic E-state index is 11.8. The lowest BCUT2D eigenvalue weighted by Gasteiger charge is -2.15. The molecule has 0 bridgehead atoms. The van der Waals surface area contributed by atoms with E-state index >= 15 is 0 Å². The van der Waals surface area contributed by atoms with Gasteiger partial charge in [0.05, 0.1) is 34.0 Å². The van der Waals surface area contributed by atoms with Crippen molar-refractivity contribution in [1.82, 2.24) is 0 Å². The molecular formula is C19H18O6. The Labute approximate surface area is 144 Å². The Morgan fingerprint density at radius 1 is 0.680 bits per heavy atom. The van der Waals surface area contributed by atoms with Crippen molar-refractivity contribution in [2.45, 2.75) is 0 Å². The van der Waals surface area contributed by atoms with Gasteiger partial charge in [0.2, 0.25) is 0 Å². The zero-order valence-corrected chi connectivity index (χ0v) is 14.4. The number of fused-ring (bicyclic) bond motifs is 3. The third kappa shape index (κ3) is 2.65. The summed E-state index contributed by atoms with van der Waals surface area (Å²) < 4.78 is 21.4. The molecule has 25 heavy (non-hydrogen) atoms. The molecular weight excluding hydrogens is 324 g/mol. The third-order valence-corrected chi connectivity index (χ3v) is 4.19. The molecule has 0 saturated heterocycles. The molecule has 3 aromatic rings. The van der Waals surface area contributed by atoms with Crippen molar-refractivity contribution in [2.75, 3.05) is 28.4 Å². The largest absolute Gasteiger partial charge is 0.493 e. The van der Waals surface area contributed by atoms with E-state index in [1.165, 1.54) is 21.3 Å². The minimum atomic E-state index is -1.02. The topological polar surface area (TPSA) is 74.2 Å². The van der Waals surface area contributed by atoms with Gasteiger partial charge >= 0.3 is 5.97 Å². The van der Waals surface area contributed by atoms with E-state index in [2.05, 4.69) is 0 Å².